The number of hydrogen-bond donors (Lipinski definition) is 1. The third kappa shape index (κ3) is 4.23. The fraction of sp³-hybridized carbons (Fsp3) is 0.611. The lowest BCUT2D eigenvalue weighted by Crippen LogP contribution is -2.47. The fourth-order valence-electron chi connectivity index (χ4n) is 3.50. The van der Waals surface area contributed by atoms with Gasteiger partial charge in [-0.2, -0.15) is 0 Å². The Kier molecular flexibility index (Phi) is 5.33. The number of nitrogens with one attached hydrogen (secondary N) is 1. The highest BCUT2D eigenvalue weighted by atomic mass is 16.1. The predicted octanol–water partition coefficient (Wildman–Crippen LogP) is 2.26. The number of benzene rings is 1. The van der Waals surface area contributed by atoms with Gasteiger partial charge in [-0.3, -0.25) is 9.69 Å². The Morgan fingerprint density at radius 1 is 1.05 bits per heavy atom. The van der Waals surface area contributed by atoms with Crippen LogP contribution in [0.25, 0.3) is 0 Å². The van der Waals surface area contributed by atoms with E-state index < -0.39 is 0 Å². The first-order valence-electron chi connectivity index (χ1n) is 8.63. The van der Waals surface area contributed by atoms with E-state index in [9.17, 15) is 4.79 Å². The van der Waals surface area contributed by atoms with E-state index in [0.717, 1.165) is 32.7 Å². The molecule has 1 N–H and O–H groups in total. The maximum atomic E-state index is 12.0. The highest BCUT2D eigenvalue weighted by Gasteiger charge is 2.20. The average molecular weight is 301 g/mol. The standard InChI is InChI=1S/C18H27N3O/c22-18(19-16-6-4-5-7-16)10-11-20-12-14-21(15-13-20)17-8-2-1-3-9-17/h1-3,8-9,16H,4-7,10-15H2,(H,19,22). The monoisotopic (exact) mass is 301 g/mol. The van der Waals surface area contributed by atoms with Gasteiger partial charge in [0.25, 0.3) is 0 Å². The molecule has 1 aromatic carbocycles. The van der Waals surface area contributed by atoms with Crippen LogP contribution in [0.3, 0.4) is 0 Å². The van der Waals surface area contributed by atoms with Crippen LogP contribution < -0.4 is 10.2 Å². The molecule has 22 heavy (non-hydrogen) atoms. The molecule has 1 aliphatic heterocycles. The molecular formula is C18H27N3O. The van der Waals surface area contributed by atoms with Crippen molar-refractivity contribution in [1.82, 2.24) is 10.2 Å². The van der Waals surface area contributed by atoms with Gasteiger partial charge in [-0.1, -0.05) is 31.0 Å². The summed E-state index contributed by atoms with van der Waals surface area (Å²) in [4.78, 5) is 16.8. The highest BCUT2D eigenvalue weighted by molar-refractivity contribution is 5.76. The summed E-state index contributed by atoms with van der Waals surface area (Å²) in [6.45, 7) is 5.08. The molecule has 0 atom stereocenters. The summed E-state index contributed by atoms with van der Waals surface area (Å²) in [6.07, 6.45) is 5.52. The Morgan fingerprint density at radius 3 is 2.41 bits per heavy atom. The maximum absolute atomic E-state index is 12.0. The van der Waals surface area contributed by atoms with Gasteiger partial charge in [0, 0.05) is 50.9 Å². The van der Waals surface area contributed by atoms with E-state index in [1.54, 1.807) is 0 Å². The Labute approximate surface area is 133 Å². The summed E-state index contributed by atoms with van der Waals surface area (Å²) in [5.74, 6) is 0.234. The van der Waals surface area contributed by atoms with E-state index in [2.05, 4.69) is 45.4 Å². The number of carbonyl (C=O) groups excluding carboxylic acids is 1. The molecule has 1 saturated heterocycles. The molecule has 0 radical (unpaired) electrons. The number of nitrogens with zero attached hydrogens (tertiary/aromatic N) is 2. The highest BCUT2D eigenvalue weighted by Crippen LogP contribution is 2.18. The maximum Gasteiger partial charge on any atom is 0.221 e. The van der Waals surface area contributed by atoms with E-state index in [0.29, 0.717) is 12.5 Å². The molecule has 1 aromatic rings. The summed E-state index contributed by atoms with van der Waals surface area (Å²) in [7, 11) is 0. The van der Waals surface area contributed by atoms with Crippen molar-refractivity contribution in [2.45, 2.75) is 38.1 Å². The van der Waals surface area contributed by atoms with Gasteiger partial charge in [0.05, 0.1) is 0 Å². The van der Waals surface area contributed by atoms with Crippen LogP contribution in [0.5, 0.6) is 0 Å². The number of para-hydroxylation sites is 1. The van der Waals surface area contributed by atoms with Crippen molar-refractivity contribution in [3.63, 3.8) is 0 Å². The third-order valence-electron chi connectivity index (χ3n) is 4.87. The Morgan fingerprint density at radius 2 is 1.73 bits per heavy atom. The minimum absolute atomic E-state index is 0.234. The predicted molar refractivity (Wildman–Crippen MR) is 90.1 cm³/mol. The van der Waals surface area contributed by atoms with Crippen molar-refractivity contribution in [3.05, 3.63) is 30.3 Å². The normalized spacial score (nSPS) is 20.3. The lowest BCUT2D eigenvalue weighted by molar-refractivity contribution is -0.122. The first-order chi connectivity index (χ1) is 10.8. The summed E-state index contributed by atoms with van der Waals surface area (Å²) in [5, 5.41) is 3.18. The number of carbonyl (C=O) groups is 1. The molecule has 0 spiro atoms. The molecule has 1 amide bonds. The van der Waals surface area contributed by atoms with Crippen LogP contribution in [0.2, 0.25) is 0 Å². The summed E-state index contributed by atoms with van der Waals surface area (Å²) >= 11 is 0. The van der Waals surface area contributed by atoms with Crippen molar-refractivity contribution >= 4 is 11.6 Å². The number of hydrogen-bond acceptors (Lipinski definition) is 3. The van der Waals surface area contributed by atoms with E-state index in [1.807, 2.05) is 0 Å². The number of piperazine rings is 1. The van der Waals surface area contributed by atoms with E-state index in [4.69, 9.17) is 0 Å². The zero-order valence-corrected chi connectivity index (χ0v) is 13.3. The molecule has 1 saturated carbocycles. The summed E-state index contributed by atoms with van der Waals surface area (Å²) < 4.78 is 0. The quantitative estimate of drug-likeness (QED) is 0.906. The fourth-order valence-corrected chi connectivity index (χ4v) is 3.50. The average Bonchev–Trinajstić information content (AvgIpc) is 3.07. The first kappa shape index (κ1) is 15.3. The first-order valence-corrected chi connectivity index (χ1v) is 8.63. The molecule has 4 heteroatoms. The SMILES string of the molecule is O=C(CCN1CCN(c2ccccc2)CC1)NC1CCCC1. The molecule has 0 bridgehead atoms. The smallest absolute Gasteiger partial charge is 0.221 e. The van der Waals surface area contributed by atoms with Gasteiger partial charge in [-0.25, -0.2) is 0 Å². The molecule has 1 aliphatic carbocycles. The van der Waals surface area contributed by atoms with E-state index in [1.165, 1.54) is 31.4 Å². The van der Waals surface area contributed by atoms with E-state index >= 15 is 0 Å². The molecule has 4 nitrogen and oxygen atoms in total. The third-order valence-corrected chi connectivity index (χ3v) is 4.87. The van der Waals surface area contributed by atoms with Crippen LogP contribution in [-0.4, -0.2) is 49.6 Å². The van der Waals surface area contributed by atoms with Gasteiger partial charge in [-0.15, -0.1) is 0 Å². The van der Waals surface area contributed by atoms with Crippen molar-refractivity contribution in [2.24, 2.45) is 0 Å². The van der Waals surface area contributed by atoms with Crippen LogP contribution in [0.4, 0.5) is 5.69 Å². The molecule has 0 aromatic heterocycles. The molecule has 3 rings (SSSR count). The molecule has 2 fully saturated rings. The lowest BCUT2D eigenvalue weighted by atomic mass is 10.2. The van der Waals surface area contributed by atoms with Crippen LogP contribution in [0.15, 0.2) is 30.3 Å². The van der Waals surface area contributed by atoms with Crippen molar-refractivity contribution in [2.75, 3.05) is 37.6 Å². The molecular weight excluding hydrogens is 274 g/mol. The molecule has 0 unspecified atom stereocenters. The molecule has 1 heterocycles. The van der Waals surface area contributed by atoms with Crippen LogP contribution >= 0.6 is 0 Å². The van der Waals surface area contributed by atoms with Crippen molar-refractivity contribution < 1.29 is 4.79 Å². The van der Waals surface area contributed by atoms with Gasteiger partial charge in [0.15, 0.2) is 0 Å². The van der Waals surface area contributed by atoms with Crippen LogP contribution in [0, 0.1) is 0 Å². The van der Waals surface area contributed by atoms with Gasteiger partial charge < -0.3 is 10.2 Å². The van der Waals surface area contributed by atoms with E-state index in [-0.39, 0.29) is 5.91 Å². The number of amides is 1. The Hall–Kier alpha value is -1.55. The topological polar surface area (TPSA) is 35.6 Å². The zero-order valence-electron chi connectivity index (χ0n) is 13.3. The minimum Gasteiger partial charge on any atom is -0.369 e. The molecule has 120 valence electrons. The number of rotatable bonds is 5. The summed E-state index contributed by atoms with van der Waals surface area (Å²) in [6, 6.07) is 11.0. The second-order valence-corrected chi connectivity index (χ2v) is 6.46. The second kappa shape index (κ2) is 7.63. The summed E-state index contributed by atoms with van der Waals surface area (Å²) in [5.41, 5.74) is 1.31. The zero-order chi connectivity index (χ0) is 15.2. The lowest BCUT2D eigenvalue weighted by Gasteiger charge is -2.36. The Bertz CT molecular complexity index is 462. The minimum atomic E-state index is 0.234. The van der Waals surface area contributed by atoms with Crippen molar-refractivity contribution in [1.29, 1.82) is 0 Å². The molecule has 2 aliphatic rings. The van der Waals surface area contributed by atoms with Crippen LogP contribution in [-0.2, 0) is 4.79 Å². The second-order valence-electron chi connectivity index (χ2n) is 6.46. The van der Waals surface area contributed by atoms with Gasteiger partial charge >= 0.3 is 0 Å². The van der Waals surface area contributed by atoms with Crippen molar-refractivity contribution in [3.8, 4) is 0 Å². The largest absolute Gasteiger partial charge is 0.369 e. The van der Waals surface area contributed by atoms with Gasteiger partial charge in [0.1, 0.15) is 0 Å². The Balaban J connectivity index is 1.36. The van der Waals surface area contributed by atoms with Crippen LogP contribution in [0.1, 0.15) is 32.1 Å². The van der Waals surface area contributed by atoms with Gasteiger partial charge in [0.2, 0.25) is 5.91 Å². The van der Waals surface area contributed by atoms with Gasteiger partial charge in [-0.05, 0) is 25.0 Å². The number of anilines is 1.